The van der Waals surface area contributed by atoms with Gasteiger partial charge in [0, 0.05) is 19.2 Å². The van der Waals surface area contributed by atoms with E-state index in [0.29, 0.717) is 12.3 Å². The van der Waals surface area contributed by atoms with E-state index < -0.39 is 0 Å². The molecule has 0 radical (unpaired) electrons. The van der Waals surface area contributed by atoms with Crippen molar-refractivity contribution >= 4 is 5.78 Å². The summed E-state index contributed by atoms with van der Waals surface area (Å²) in [5.74, 6) is 0.583. The Bertz CT molecular complexity index is 374. The SMILES string of the molecule is CCCn1cc(C(=O)CC(C)C(C)(C)C)cn1. The van der Waals surface area contributed by atoms with Gasteiger partial charge in [-0.15, -0.1) is 0 Å². The Morgan fingerprint density at radius 2 is 2.12 bits per heavy atom. The molecule has 1 unspecified atom stereocenters. The first kappa shape index (κ1) is 13.9. The molecule has 17 heavy (non-hydrogen) atoms. The minimum Gasteiger partial charge on any atom is -0.294 e. The molecule has 3 heteroatoms. The van der Waals surface area contributed by atoms with Gasteiger partial charge in [-0.3, -0.25) is 9.48 Å². The maximum absolute atomic E-state index is 12.1. The molecule has 3 nitrogen and oxygen atoms in total. The van der Waals surface area contributed by atoms with Crippen molar-refractivity contribution in [3.8, 4) is 0 Å². The van der Waals surface area contributed by atoms with Gasteiger partial charge in [0.05, 0.1) is 11.8 Å². The van der Waals surface area contributed by atoms with Gasteiger partial charge in [-0.05, 0) is 17.8 Å². The molecule has 0 aliphatic heterocycles. The molecule has 0 saturated carbocycles. The summed E-state index contributed by atoms with van der Waals surface area (Å²) in [6, 6.07) is 0. The molecule has 0 aliphatic rings. The molecule has 0 aliphatic carbocycles. The van der Waals surface area contributed by atoms with Crippen molar-refractivity contribution in [1.82, 2.24) is 9.78 Å². The maximum Gasteiger partial charge on any atom is 0.166 e. The van der Waals surface area contributed by atoms with E-state index in [1.807, 2.05) is 10.9 Å². The van der Waals surface area contributed by atoms with Crippen molar-refractivity contribution in [2.24, 2.45) is 11.3 Å². The standard InChI is InChI=1S/C14H24N2O/c1-6-7-16-10-12(9-15-16)13(17)8-11(2)14(3,4)5/h9-11H,6-8H2,1-5H3. The Kier molecular flexibility index (Phi) is 4.49. The van der Waals surface area contributed by atoms with Crippen LogP contribution in [0, 0.1) is 11.3 Å². The second-order valence-electron chi connectivity index (χ2n) is 5.89. The fourth-order valence-electron chi connectivity index (χ4n) is 1.56. The molecule has 96 valence electrons. The van der Waals surface area contributed by atoms with Gasteiger partial charge in [-0.1, -0.05) is 34.6 Å². The van der Waals surface area contributed by atoms with Crippen LogP contribution in [0.25, 0.3) is 0 Å². The number of Topliss-reactive ketones (excluding diaryl/α,β-unsaturated/α-hetero) is 1. The largest absolute Gasteiger partial charge is 0.294 e. The second kappa shape index (κ2) is 5.48. The molecule has 0 spiro atoms. The zero-order valence-electron chi connectivity index (χ0n) is 11.7. The van der Waals surface area contributed by atoms with Crippen molar-refractivity contribution < 1.29 is 4.79 Å². The lowest BCUT2D eigenvalue weighted by Gasteiger charge is -2.26. The number of rotatable bonds is 5. The average molecular weight is 236 g/mol. The number of aromatic nitrogens is 2. The highest BCUT2D eigenvalue weighted by molar-refractivity contribution is 5.95. The predicted molar refractivity (Wildman–Crippen MR) is 70.1 cm³/mol. The van der Waals surface area contributed by atoms with Crippen LogP contribution in [-0.4, -0.2) is 15.6 Å². The summed E-state index contributed by atoms with van der Waals surface area (Å²) in [6.07, 6.45) is 5.18. The van der Waals surface area contributed by atoms with Gasteiger partial charge in [-0.2, -0.15) is 5.10 Å². The van der Waals surface area contributed by atoms with Crippen molar-refractivity contribution in [2.75, 3.05) is 0 Å². The molecule has 1 rings (SSSR count). The molecule has 0 amide bonds. The van der Waals surface area contributed by atoms with Crippen molar-refractivity contribution in [3.05, 3.63) is 18.0 Å². The van der Waals surface area contributed by atoms with Crippen LogP contribution in [0.2, 0.25) is 0 Å². The predicted octanol–water partition coefficient (Wildman–Crippen LogP) is 3.55. The first-order valence-electron chi connectivity index (χ1n) is 6.40. The lowest BCUT2D eigenvalue weighted by molar-refractivity contribution is 0.0927. The monoisotopic (exact) mass is 236 g/mol. The van der Waals surface area contributed by atoms with E-state index in [9.17, 15) is 4.79 Å². The molecule has 0 fully saturated rings. The fraction of sp³-hybridized carbons (Fsp3) is 0.714. The van der Waals surface area contributed by atoms with Crippen LogP contribution in [0.3, 0.4) is 0 Å². The highest BCUT2D eigenvalue weighted by atomic mass is 16.1. The summed E-state index contributed by atoms with van der Waals surface area (Å²) in [6.45, 7) is 11.6. The minimum absolute atomic E-state index is 0.176. The first-order valence-corrected chi connectivity index (χ1v) is 6.40. The molecule has 0 saturated heterocycles. The van der Waals surface area contributed by atoms with Crippen LogP contribution in [0.5, 0.6) is 0 Å². The van der Waals surface area contributed by atoms with Crippen LogP contribution >= 0.6 is 0 Å². The summed E-state index contributed by atoms with van der Waals surface area (Å²) in [5.41, 5.74) is 0.921. The number of nitrogens with zero attached hydrogens (tertiary/aromatic N) is 2. The molecule has 1 heterocycles. The fourth-order valence-corrected chi connectivity index (χ4v) is 1.56. The van der Waals surface area contributed by atoms with Gasteiger partial charge in [0.2, 0.25) is 0 Å². The van der Waals surface area contributed by atoms with E-state index in [1.54, 1.807) is 6.20 Å². The van der Waals surface area contributed by atoms with E-state index in [2.05, 4.69) is 39.7 Å². The molecule has 0 aromatic carbocycles. The number of hydrogen-bond donors (Lipinski definition) is 0. The Hall–Kier alpha value is -1.12. The van der Waals surface area contributed by atoms with Crippen molar-refractivity contribution in [2.45, 2.75) is 54.0 Å². The smallest absolute Gasteiger partial charge is 0.166 e. The summed E-state index contributed by atoms with van der Waals surface area (Å²) < 4.78 is 1.84. The summed E-state index contributed by atoms with van der Waals surface area (Å²) in [4.78, 5) is 12.1. The number of carbonyl (C=O) groups excluding carboxylic acids is 1. The minimum atomic E-state index is 0.176. The normalized spacial score (nSPS) is 13.7. The molecular formula is C14H24N2O. The summed E-state index contributed by atoms with van der Waals surface area (Å²) in [5, 5.41) is 4.19. The van der Waals surface area contributed by atoms with Crippen LogP contribution in [0.4, 0.5) is 0 Å². The molecule has 1 aromatic heterocycles. The molecular weight excluding hydrogens is 212 g/mol. The van der Waals surface area contributed by atoms with Gasteiger partial charge in [0.25, 0.3) is 0 Å². The molecule has 0 N–H and O–H groups in total. The van der Waals surface area contributed by atoms with Crippen molar-refractivity contribution in [3.63, 3.8) is 0 Å². The first-order chi connectivity index (χ1) is 7.84. The Balaban J connectivity index is 2.63. The molecule has 1 atom stereocenters. The number of carbonyl (C=O) groups is 1. The van der Waals surface area contributed by atoms with Gasteiger partial charge in [-0.25, -0.2) is 0 Å². The van der Waals surface area contributed by atoms with E-state index in [0.717, 1.165) is 18.5 Å². The maximum atomic E-state index is 12.1. The summed E-state index contributed by atoms with van der Waals surface area (Å²) >= 11 is 0. The van der Waals surface area contributed by atoms with Crippen LogP contribution < -0.4 is 0 Å². The van der Waals surface area contributed by atoms with Gasteiger partial charge >= 0.3 is 0 Å². The number of aryl methyl sites for hydroxylation is 1. The van der Waals surface area contributed by atoms with Crippen LogP contribution in [0.1, 0.15) is 57.8 Å². The number of hydrogen-bond acceptors (Lipinski definition) is 2. The third-order valence-electron chi connectivity index (χ3n) is 3.38. The quantitative estimate of drug-likeness (QED) is 0.733. The zero-order valence-corrected chi connectivity index (χ0v) is 11.7. The lowest BCUT2D eigenvalue weighted by Crippen LogP contribution is -2.20. The third kappa shape index (κ3) is 3.99. The van der Waals surface area contributed by atoms with Crippen LogP contribution in [0.15, 0.2) is 12.4 Å². The highest BCUT2D eigenvalue weighted by Crippen LogP contribution is 2.29. The van der Waals surface area contributed by atoms with E-state index in [-0.39, 0.29) is 11.2 Å². The highest BCUT2D eigenvalue weighted by Gasteiger charge is 2.23. The van der Waals surface area contributed by atoms with E-state index in [1.165, 1.54) is 0 Å². The second-order valence-corrected chi connectivity index (χ2v) is 5.89. The molecule has 0 bridgehead atoms. The van der Waals surface area contributed by atoms with E-state index >= 15 is 0 Å². The lowest BCUT2D eigenvalue weighted by atomic mass is 9.79. The third-order valence-corrected chi connectivity index (χ3v) is 3.38. The molecule has 1 aromatic rings. The van der Waals surface area contributed by atoms with Gasteiger partial charge in [0.1, 0.15) is 0 Å². The summed E-state index contributed by atoms with van der Waals surface area (Å²) in [7, 11) is 0. The Morgan fingerprint density at radius 3 is 2.65 bits per heavy atom. The van der Waals surface area contributed by atoms with Gasteiger partial charge < -0.3 is 0 Å². The van der Waals surface area contributed by atoms with Crippen LogP contribution in [-0.2, 0) is 6.54 Å². The Labute approximate surface area is 104 Å². The van der Waals surface area contributed by atoms with Gasteiger partial charge in [0.15, 0.2) is 5.78 Å². The Morgan fingerprint density at radius 1 is 1.47 bits per heavy atom. The van der Waals surface area contributed by atoms with E-state index in [4.69, 9.17) is 0 Å². The average Bonchev–Trinajstić information content (AvgIpc) is 2.65. The topological polar surface area (TPSA) is 34.9 Å². The van der Waals surface area contributed by atoms with Crippen molar-refractivity contribution in [1.29, 1.82) is 0 Å². The zero-order chi connectivity index (χ0) is 13.1. The number of ketones is 1.